The number of piperazine rings is 1. The van der Waals surface area contributed by atoms with Crippen molar-refractivity contribution in [1.29, 1.82) is 0 Å². The van der Waals surface area contributed by atoms with Crippen molar-refractivity contribution in [2.45, 2.75) is 33.1 Å². The molecule has 0 bridgehead atoms. The highest BCUT2D eigenvalue weighted by atomic mass is 32.1. The predicted octanol–water partition coefficient (Wildman–Crippen LogP) is 3.67. The van der Waals surface area contributed by atoms with Crippen LogP contribution in [0.1, 0.15) is 38.5 Å². The lowest BCUT2D eigenvalue weighted by atomic mass is 10.1. The highest BCUT2D eigenvalue weighted by Crippen LogP contribution is 2.18. The van der Waals surface area contributed by atoms with E-state index < -0.39 is 0 Å². The highest BCUT2D eigenvalue weighted by Gasteiger charge is 2.25. The largest absolute Gasteiger partial charge is 0.339 e. The Hall–Kier alpha value is -2.14. The monoisotopic (exact) mass is 370 g/mol. The molecule has 2 aromatic rings. The van der Waals surface area contributed by atoms with Crippen molar-refractivity contribution in [3.63, 3.8) is 0 Å². The van der Waals surface area contributed by atoms with Gasteiger partial charge in [0, 0.05) is 37.5 Å². The quantitative estimate of drug-likeness (QED) is 0.806. The molecule has 0 N–H and O–H groups in total. The lowest BCUT2D eigenvalue weighted by molar-refractivity contribution is -0.132. The Morgan fingerprint density at radius 2 is 1.58 bits per heavy atom. The molecule has 1 aliphatic heterocycles. The van der Waals surface area contributed by atoms with Gasteiger partial charge in [0.2, 0.25) is 5.91 Å². The number of carbonyl (C=O) groups is 2. The van der Waals surface area contributed by atoms with Crippen LogP contribution < -0.4 is 0 Å². The van der Waals surface area contributed by atoms with Crippen molar-refractivity contribution < 1.29 is 9.59 Å². The van der Waals surface area contributed by atoms with Gasteiger partial charge in [0.25, 0.3) is 5.91 Å². The Labute approximate surface area is 159 Å². The first-order valence-corrected chi connectivity index (χ1v) is 10.0. The first-order valence-electron chi connectivity index (χ1n) is 9.22. The Morgan fingerprint density at radius 1 is 0.923 bits per heavy atom. The second-order valence-electron chi connectivity index (χ2n) is 6.92. The maximum atomic E-state index is 12.5. The number of carbonyl (C=O) groups excluding carboxylic acids is 2. The molecule has 4 nitrogen and oxygen atoms in total. The number of hydrogen-bond acceptors (Lipinski definition) is 3. The van der Waals surface area contributed by atoms with E-state index in [2.05, 4.69) is 31.2 Å². The standard InChI is InChI=1S/C21H26N2O2S/c1-16-6-9-18(10-7-16)4-3-5-20(24)22-12-14-23(15-13-22)21(25)19-11-8-17(2)26-19/h6-11H,3-5,12-15H2,1-2H3. The molecule has 0 saturated carbocycles. The minimum absolute atomic E-state index is 0.0922. The smallest absolute Gasteiger partial charge is 0.264 e. The van der Waals surface area contributed by atoms with Crippen LogP contribution in [0.5, 0.6) is 0 Å². The first kappa shape index (κ1) is 18.6. The summed E-state index contributed by atoms with van der Waals surface area (Å²) in [5, 5.41) is 0. The molecule has 1 aromatic carbocycles. The van der Waals surface area contributed by atoms with Gasteiger partial charge in [-0.15, -0.1) is 11.3 Å². The third kappa shape index (κ3) is 4.73. The number of hydrogen-bond donors (Lipinski definition) is 0. The number of amides is 2. The molecule has 1 aliphatic rings. The highest BCUT2D eigenvalue weighted by molar-refractivity contribution is 7.13. The Kier molecular flexibility index (Phi) is 6.09. The molecule has 0 unspecified atom stereocenters. The van der Waals surface area contributed by atoms with Crippen molar-refractivity contribution in [1.82, 2.24) is 9.80 Å². The van der Waals surface area contributed by atoms with Crippen molar-refractivity contribution in [2.24, 2.45) is 0 Å². The van der Waals surface area contributed by atoms with E-state index in [0.29, 0.717) is 32.6 Å². The summed E-state index contributed by atoms with van der Waals surface area (Å²) < 4.78 is 0. The van der Waals surface area contributed by atoms with Crippen LogP contribution in [0.2, 0.25) is 0 Å². The average Bonchev–Trinajstić information content (AvgIpc) is 3.09. The van der Waals surface area contributed by atoms with E-state index in [0.717, 1.165) is 22.6 Å². The molecular formula is C21H26N2O2S. The van der Waals surface area contributed by atoms with Crippen LogP contribution in [-0.4, -0.2) is 47.8 Å². The molecule has 0 aliphatic carbocycles. The average molecular weight is 371 g/mol. The molecule has 0 radical (unpaired) electrons. The topological polar surface area (TPSA) is 40.6 Å². The number of nitrogens with zero attached hydrogens (tertiary/aromatic N) is 2. The molecule has 2 amide bonds. The molecule has 26 heavy (non-hydrogen) atoms. The van der Waals surface area contributed by atoms with Gasteiger partial charge in [-0.1, -0.05) is 29.8 Å². The van der Waals surface area contributed by atoms with E-state index in [4.69, 9.17) is 0 Å². The van der Waals surface area contributed by atoms with E-state index in [9.17, 15) is 9.59 Å². The SMILES string of the molecule is Cc1ccc(CCCC(=O)N2CCN(C(=O)c3ccc(C)s3)CC2)cc1. The maximum absolute atomic E-state index is 12.5. The summed E-state index contributed by atoms with van der Waals surface area (Å²) in [6.07, 6.45) is 2.38. The molecule has 138 valence electrons. The van der Waals surface area contributed by atoms with Crippen molar-refractivity contribution in [3.8, 4) is 0 Å². The maximum Gasteiger partial charge on any atom is 0.264 e. The molecular weight excluding hydrogens is 344 g/mol. The summed E-state index contributed by atoms with van der Waals surface area (Å²) in [7, 11) is 0. The van der Waals surface area contributed by atoms with Gasteiger partial charge in [-0.3, -0.25) is 9.59 Å². The van der Waals surface area contributed by atoms with E-state index >= 15 is 0 Å². The number of rotatable bonds is 5. The van der Waals surface area contributed by atoms with Crippen LogP contribution in [0, 0.1) is 13.8 Å². The summed E-state index contributed by atoms with van der Waals surface area (Å²) in [5.41, 5.74) is 2.54. The third-order valence-corrected chi connectivity index (χ3v) is 5.84. The van der Waals surface area contributed by atoms with Gasteiger partial charge in [-0.2, -0.15) is 0 Å². The first-order chi connectivity index (χ1) is 12.5. The van der Waals surface area contributed by atoms with Crippen molar-refractivity contribution >= 4 is 23.2 Å². The second kappa shape index (κ2) is 8.49. The van der Waals surface area contributed by atoms with Crippen molar-refractivity contribution in [2.75, 3.05) is 26.2 Å². The normalized spacial score (nSPS) is 14.5. The lowest BCUT2D eigenvalue weighted by Crippen LogP contribution is -2.50. The van der Waals surface area contributed by atoms with Crippen LogP contribution in [0.15, 0.2) is 36.4 Å². The van der Waals surface area contributed by atoms with Crippen LogP contribution in [0.4, 0.5) is 0 Å². The molecule has 1 saturated heterocycles. The van der Waals surface area contributed by atoms with Crippen molar-refractivity contribution in [3.05, 3.63) is 57.3 Å². The third-order valence-electron chi connectivity index (χ3n) is 4.85. The number of thiophene rings is 1. The van der Waals surface area contributed by atoms with Crippen LogP contribution in [-0.2, 0) is 11.2 Å². The van der Waals surface area contributed by atoms with E-state index in [1.165, 1.54) is 22.5 Å². The molecule has 1 aromatic heterocycles. The van der Waals surface area contributed by atoms with Crippen LogP contribution >= 0.6 is 11.3 Å². The predicted molar refractivity (Wildman–Crippen MR) is 106 cm³/mol. The van der Waals surface area contributed by atoms with Gasteiger partial charge >= 0.3 is 0 Å². The summed E-state index contributed by atoms with van der Waals surface area (Å²) in [6.45, 7) is 6.61. The number of benzene rings is 1. The summed E-state index contributed by atoms with van der Waals surface area (Å²) in [6, 6.07) is 12.4. The minimum Gasteiger partial charge on any atom is -0.339 e. The fourth-order valence-corrected chi connectivity index (χ4v) is 4.06. The zero-order valence-electron chi connectivity index (χ0n) is 15.5. The molecule has 0 spiro atoms. The molecule has 1 fully saturated rings. The zero-order valence-corrected chi connectivity index (χ0v) is 16.3. The molecule has 0 atom stereocenters. The lowest BCUT2D eigenvalue weighted by Gasteiger charge is -2.34. The fourth-order valence-electron chi connectivity index (χ4n) is 3.22. The summed E-state index contributed by atoms with van der Waals surface area (Å²) >= 11 is 1.53. The second-order valence-corrected chi connectivity index (χ2v) is 8.21. The van der Waals surface area contributed by atoms with Gasteiger partial charge in [0.15, 0.2) is 0 Å². The summed E-state index contributed by atoms with van der Waals surface area (Å²) in [5.74, 6) is 0.297. The molecule has 5 heteroatoms. The van der Waals surface area contributed by atoms with Gasteiger partial charge < -0.3 is 9.80 Å². The summed E-state index contributed by atoms with van der Waals surface area (Å²) in [4.78, 5) is 30.6. The van der Waals surface area contributed by atoms with E-state index in [1.807, 2.05) is 28.9 Å². The van der Waals surface area contributed by atoms with Gasteiger partial charge in [-0.25, -0.2) is 0 Å². The van der Waals surface area contributed by atoms with E-state index in [1.54, 1.807) is 0 Å². The van der Waals surface area contributed by atoms with E-state index in [-0.39, 0.29) is 11.8 Å². The fraction of sp³-hybridized carbons (Fsp3) is 0.429. The Bertz CT molecular complexity index is 759. The van der Waals surface area contributed by atoms with Gasteiger partial charge in [0.1, 0.15) is 0 Å². The Balaban J connectivity index is 1.41. The number of aryl methyl sites for hydroxylation is 3. The van der Waals surface area contributed by atoms with Gasteiger partial charge in [0.05, 0.1) is 4.88 Å². The Morgan fingerprint density at radius 3 is 2.19 bits per heavy atom. The molecule has 3 rings (SSSR count). The molecule has 2 heterocycles. The van der Waals surface area contributed by atoms with Crippen LogP contribution in [0.25, 0.3) is 0 Å². The zero-order chi connectivity index (χ0) is 18.5. The van der Waals surface area contributed by atoms with Gasteiger partial charge in [-0.05, 0) is 44.4 Å². The van der Waals surface area contributed by atoms with Crippen LogP contribution in [0.3, 0.4) is 0 Å². The minimum atomic E-state index is 0.0922.